The first-order valence-corrected chi connectivity index (χ1v) is 12.5. The average Bonchev–Trinajstić information content (AvgIpc) is 3.13. The lowest BCUT2D eigenvalue weighted by Gasteiger charge is -2.20. The van der Waals surface area contributed by atoms with Crippen LogP contribution in [0.25, 0.3) is 0 Å². The van der Waals surface area contributed by atoms with Crippen molar-refractivity contribution in [2.24, 2.45) is 0 Å². The fourth-order valence-electron chi connectivity index (χ4n) is 3.72. The zero-order valence-electron chi connectivity index (χ0n) is 19.2. The van der Waals surface area contributed by atoms with Crippen LogP contribution in [0.1, 0.15) is 46.4 Å². The number of carbonyl (C=O) groups is 2. The number of nitrogens with one attached hydrogen (secondary N) is 1. The van der Waals surface area contributed by atoms with Crippen molar-refractivity contribution in [3.8, 4) is 11.5 Å². The molecule has 1 aliphatic rings. The van der Waals surface area contributed by atoms with Crippen LogP contribution in [-0.4, -0.2) is 59.0 Å². The molecule has 2 aromatic rings. The van der Waals surface area contributed by atoms with Crippen molar-refractivity contribution in [3.05, 3.63) is 46.5 Å². The molecule has 2 aromatic carbocycles. The van der Waals surface area contributed by atoms with E-state index in [0.717, 1.165) is 25.7 Å². The van der Waals surface area contributed by atoms with Crippen molar-refractivity contribution in [2.45, 2.75) is 30.6 Å². The summed E-state index contributed by atoms with van der Waals surface area (Å²) >= 11 is 6.25. The first-order chi connectivity index (χ1) is 16.2. The van der Waals surface area contributed by atoms with Gasteiger partial charge in [0.2, 0.25) is 10.0 Å². The van der Waals surface area contributed by atoms with Crippen LogP contribution in [0.3, 0.4) is 0 Å². The van der Waals surface area contributed by atoms with Crippen molar-refractivity contribution < 1.29 is 32.2 Å². The van der Waals surface area contributed by atoms with Gasteiger partial charge in [0.05, 0.1) is 48.1 Å². The second-order valence-corrected chi connectivity index (χ2v) is 10.0. The number of benzene rings is 2. The zero-order valence-corrected chi connectivity index (χ0v) is 20.8. The molecule has 34 heavy (non-hydrogen) atoms. The molecule has 3 rings (SSSR count). The number of ether oxygens (including phenoxy) is 3. The SMILES string of the molecule is COC(=O)c1cc(OC)c(OC)cc1NC(=O)c1cc(S(=O)(=O)N2CCCCCC2)ccc1Cl. The van der Waals surface area contributed by atoms with E-state index in [1.165, 1.54) is 56.0 Å². The number of sulfonamides is 1. The predicted octanol–water partition coefficient (Wildman–Crippen LogP) is 3.96. The first kappa shape index (κ1) is 25.8. The molecule has 0 aromatic heterocycles. The first-order valence-electron chi connectivity index (χ1n) is 10.7. The molecule has 0 atom stereocenters. The van der Waals surface area contributed by atoms with E-state index >= 15 is 0 Å². The minimum absolute atomic E-state index is 0.0237. The van der Waals surface area contributed by atoms with Gasteiger partial charge in [0, 0.05) is 25.2 Å². The molecule has 1 fully saturated rings. The number of rotatable bonds is 7. The van der Waals surface area contributed by atoms with Crippen molar-refractivity contribution in [1.82, 2.24) is 4.31 Å². The summed E-state index contributed by atoms with van der Waals surface area (Å²) in [7, 11) is 0.237. The largest absolute Gasteiger partial charge is 0.493 e. The van der Waals surface area contributed by atoms with E-state index in [-0.39, 0.29) is 38.2 Å². The topological polar surface area (TPSA) is 111 Å². The second kappa shape index (κ2) is 11.1. The van der Waals surface area contributed by atoms with Gasteiger partial charge >= 0.3 is 5.97 Å². The summed E-state index contributed by atoms with van der Waals surface area (Å²) in [6.07, 6.45) is 3.54. The van der Waals surface area contributed by atoms with Gasteiger partial charge in [-0.05, 0) is 31.0 Å². The van der Waals surface area contributed by atoms with Gasteiger partial charge in [-0.1, -0.05) is 24.4 Å². The van der Waals surface area contributed by atoms with Gasteiger partial charge in [-0.3, -0.25) is 4.79 Å². The molecule has 0 aliphatic carbocycles. The Bertz CT molecular complexity index is 1180. The van der Waals surface area contributed by atoms with Crippen LogP contribution >= 0.6 is 11.6 Å². The lowest BCUT2D eigenvalue weighted by molar-refractivity contribution is 0.0601. The minimum Gasteiger partial charge on any atom is -0.493 e. The molecule has 1 N–H and O–H groups in total. The molecule has 11 heteroatoms. The van der Waals surface area contributed by atoms with E-state index in [4.69, 9.17) is 25.8 Å². The van der Waals surface area contributed by atoms with Gasteiger partial charge in [0.25, 0.3) is 5.91 Å². The van der Waals surface area contributed by atoms with Crippen LogP contribution in [0.4, 0.5) is 5.69 Å². The molecule has 0 radical (unpaired) electrons. The Balaban J connectivity index is 1.97. The maximum Gasteiger partial charge on any atom is 0.340 e. The molecular formula is C23H27ClN2O7S. The number of nitrogens with zero attached hydrogens (tertiary/aromatic N) is 1. The maximum absolute atomic E-state index is 13.2. The smallest absolute Gasteiger partial charge is 0.340 e. The second-order valence-electron chi connectivity index (χ2n) is 7.66. The Hall–Kier alpha value is -2.82. The summed E-state index contributed by atoms with van der Waals surface area (Å²) in [5.74, 6) is -0.867. The van der Waals surface area contributed by atoms with Gasteiger partial charge in [-0.15, -0.1) is 0 Å². The number of halogens is 1. The van der Waals surface area contributed by atoms with E-state index < -0.39 is 21.9 Å². The highest BCUT2D eigenvalue weighted by molar-refractivity contribution is 7.89. The Kier molecular flexibility index (Phi) is 8.40. The minimum atomic E-state index is -3.79. The summed E-state index contributed by atoms with van der Waals surface area (Å²) in [5.41, 5.74) is 0.0625. The lowest BCUT2D eigenvalue weighted by Crippen LogP contribution is -2.32. The van der Waals surface area contributed by atoms with Crippen LogP contribution in [0, 0.1) is 0 Å². The van der Waals surface area contributed by atoms with Crippen molar-refractivity contribution in [1.29, 1.82) is 0 Å². The average molecular weight is 511 g/mol. The summed E-state index contributed by atoms with van der Waals surface area (Å²) in [6, 6.07) is 6.79. The number of methoxy groups -OCH3 is 3. The van der Waals surface area contributed by atoms with E-state index in [2.05, 4.69) is 5.32 Å². The highest BCUT2D eigenvalue weighted by atomic mass is 35.5. The number of anilines is 1. The number of carbonyl (C=O) groups excluding carboxylic acids is 2. The predicted molar refractivity (Wildman–Crippen MR) is 128 cm³/mol. The molecule has 9 nitrogen and oxygen atoms in total. The van der Waals surface area contributed by atoms with E-state index in [9.17, 15) is 18.0 Å². The molecular weight excluding hydrogens is 484 g/mol. The number of hydrogen-bond donors (Lipinski definition) is 1. The summed E-state index contributed by atoms with van der Waals surface area (Å²) < 4.78 is 43.1. The highest BCUT2D eigenvalue weighted by Crippen LogP contribution is 2.34. The number of esters is 1. The number of hydrogen-bond acceptors (Lipinski definition) is 7. The van der Waals surface area contributed by atoms with E-state index in [0.29, 0.717) is 13.1 Å². The normalized spacial score (nSPS) is 14.7. The van der Waals surface area contributed by atoms with Crippen LogP contribution in [0.2, 0.25) is 5.02 Å². The zero-order chi connectivity index (χ0) is 24.9. The van der Waals surface area contributed by atoms with E-state index in [1.807, 2.05) is 0 Å². The molecule has 0 unspecified atom stereocenters. The summed E-state index contributed by atoms with van der Waals surface area (Å²) in [4.78, 5) is 25.4. The fourth-order valence-corrected chi connectivity index (χ4v) is 5.47. The standard InChI is InChI=1S/C23H27ClN2O7S/c1-31-20-13-17(23(28)33-3)19(14-21(20)32-2)25-22(27)16-12-15(8-9-18(16)24)34(29,30)26-10-6-4-5-7-11-26/h8-9,12-14H,4-7,10-11H2,1-3H3,(H,25,27). The summed E-state index contributed by atoms with van der Waals surface area (Å²) in [5, 5.41) is 2.67. The molecule has 1 amide bonds. The Morgan fingerprint density at radius 3 is 2.12 bits per heavy atom. The lowest BCUT2D eigenvalue weighted by atomic mass is 10.1. The van der Waals surface area contributed by atoms with Crippen LogP contribution < -0.4 is 14.8 Å². The number of amides is 1. The molecule has 184 valence electrons. The molecule has 1 saturated heterocycles. The van der Waals surface area contributed by atoms with Crippen LogP contribution in [0.15, 0.2) is 35.2 Å². The molecule has 1 aliphatic heterocycles. The third kappa shape index (κ3) is 5.45. The van der Waals surface area contributed by atoms with Gasteiger partial charge in [0.15, 0.2) is 11.5 Å². The van der Waals surface area contributed by atoms with Crippen LogP contribution in [-0.2, 0) is 14.8 Å². The third-order valence-electron chi connectivity index (χ3n) is 5.56. The molecule has 0 saturated carbocycles. The molecule has 1 heterocycles. The Labute approximate surface area is 204 Å². The van der Waals surface area contributed by atoms with Gasteiger partial charge < -0.3 is 19.5 Å². The monoisotopic (exact) mass is 510 g/mol. The van der Waals surface area contributed by atoms with Gasteiger partial charge in [-0.2, -0.15) is 4.31 Å². The molecule has 0 bridgehead atoms. The van der Waals surface area contributed by atoms with Crippen LogP contribution in [0.5, 0.6) is 11.5 Å². The van der Waals surface area contributed by atoms with E-state index in [1.54, 1.807) is 0 Å². The highest BCUT2D eigenvalue weighted by Gasteiger charge is 2.27. The maximum atomic E-state index is 13.2. The fraction of sp³-hybridized carbons (Fsp3) is 0.391. The van der Waals surface area contributed by atoms with Crippen molar-refractivity contribution in [2.75, 3.05) is 39.7 Å². The molecule has 0 spiro atoms. The Morgan fingerprint density at radius 1 is 0.912 bits per heavy atom. The van der Waals surface area contributed by atoms with Gasteiger partial charge in [-0.25, -0.2) is 13.2 Å². The quantitative estimate of drug-likeness (QED) is 0.561. The Morgan fingerprint density at radius 2 is 1.53 bits per heavy atom. The van der Waals surface area contributed by atoms with Crippen molar-refractivity contribution >= 4 is 39.2 Å². The third-order valence-corrected chi connectivity index (χ3v) is 7.79. The van der Waals surface area contributed by atoms with Crippen molar-refractivity contribution in [3.63, 3.8) is 0 Å². The summed E-state index contributed by atoms with van der Waals surface area (Å²) in [6.45, 7) is 0.862. The van der Waals surface area contributed by atoms with Gasteiger partial charge in [0.1, 0.15) is 0 Å².